The number of aryl methyl sites for hydroxylation is 2. The lowest BCUT2D eigenvalue weighted by molar-refractivity contribution is -0.137. The molecule has 1 aromatic heterocycles. The second kappa shape index (κ2) is 9.60. The molecule has 0 bridgehead atoms. The van der Waals surface area contributed by atoms with Crippen molar-refractivity contribution in [1.29, 1.82) is 0 Å². The third-order valence-electron chi connectivity index (χ3n) is 7.61. The van der Waals surface area contributed by atoms with Gasteiger partial charge in [-0.25, -0.2) is 4.39 Å². The second-order valence-electron chi connectivity index (χ2n) is 10.1. The maximum Gasteiger partial charge on any atom is 0.304 e. The van der Waals surface area contributed by atoms with E-state index in [0.717, 1.165) is 51.1 Å². The molecule has 0 saturated carbocycles. The summed E-state index contributed by atoms with van der Waals surface area (Å²) in [5, 5.41) is 9.15. The van der Waals surface area contributed by atoms with E-state index >= 15 is 4.39 Å². The fourth-order valence-corrected chi connectivity index (χ4v) is 5.97. The van der Waals surface area contributed by atoms with Crippen molar-refractivity contribution < 1.29 is 23.8 Å². The molecular weight excluding hydrogens is 481 g/mol. The van der Waals surface area contributed by atoms with Crippen LogP contribution in [0.1, 0.15) is 52.7 Å². The summed E-state index contributed by atoms with van der Waals surface area (Å²) in [5.74, 6) is -0.0442. The molecule has 0 radical (unpaired) electrons. The van der Waals surface area contributed by atoms with Crippen molar-refractivity contribution in [2.24, 2.45) is 0 Å². The first-order valence-electron chi connectivity index (χ1n) is 12.9. The van der Waals surface area contributed by atoms with Gasteiger partial charge in [-0.15, -0.1) is 0 Å². The molecule has 6 rings (SSSR count). The topological polar surface area (TPSA) is 68.7 Å². The van der Waals surface area contributed by atoms with E-state index in [0.29, 0.717) is 30.1 Å². The van der Waals surface area contributed by atoms with Crippen molar-refractivity contribution in [2.45, 2.75) is 45.1 Å². The summed E-state index contributed by atoms with van der Waals surface area (Å²) in [7, 11) is 0. The van der Waals surface area contributed by atoms with Crippen molar-refractivity contribution in [3.05, 3.63) is 100 Å². The second-order valence-corrected chi connectivity index (χ2v) is 10.1. The van der Waals surface area contributed by atoms with Gasteiger partial charge in [0.05, 0.1) is 18.7 Å². The molecule has 0 unspecified atom stereocenters. The van der Waals surface area contributed by atoms with Crippen molar-refractivity contribution in [3.63, 3.8) is 0 Å². The third-order valence-corrected chi connectivity index (χ3v) is 7.61. The molecule has 0 amide bonds. The molecule has 4 aromatic rings. The number of benzene rings is 3. The molecule has 5 nitrogen and oxygen atoms in total. The van der Waals surface area contributed by atoms with Gasteiger partial charge in [-0.1, -0.05) is 18.2 Å². The molecule has 0 spiro atoms. The Morgan fingerprint density at radius 1 is 1.11 bits per heavy atom. The Balaban J connectivity index is 1.31. The van der Waals surface area contributed by atoms with Gasteiger partial charge in [0.1, 0.15) is 23.4 Å². The van der Waals surface area contributed by atoms with E-state index in [-0.39, 0.29) is 18.2 Å². The zero-order valence-electron chi connectivity index (χ0n) is 21.3. The fourth-order valence-electron chi connectivity index (χ4n) is 5.97. The number of pyridine rings is 1. The molecule has 6 heteroatoms. The van der Waals surface area contributed by atoms with Crippen molar-refractivity contribution >= 4 is 5.97 Å². The number of hydrogen-bond acceptors (Lipinski definition) is 4. The highest BCUT2D eigenvalue weighted by molar-refractivity contribution is 5.79. The Labute approximate surface area is 220 Å². The van der Waals surface area contributed by atoms with Crippen LogP contribution in [-0.2, 0) is 11.2 Å². The van der Waals surface area contributed by atoms with E-state index in [2.05, 4.69) is 31.0 Å². The Morgan fingerprint density at radius 2 is 1.92 bits per heavy atom. The molecule has 2 atom stereocenters. The predicted octanol–water partition coefficient (Wildman–Crippen LogP) is 7.19. The maximum atomic E-state index is 15.2. The lowest BCUT2D eigenvalue weighted by atomic mass is 9.88. The first kappa shape index (κ1) is 24.2. The Hall–Kier alpha value is -4.19. The molecule has 2 heterocycles. The van der Waals surface area contributed by atoms with Crippen LogP contribution in [0.2, 0.25) is 0 Å². The Bertz CT molecular complexity index is 1530. The van der Waals surface area contributed by atoms with Gasteiger partial charge in [-0.2, -0.15) is 0 Å². The number of ether oxygens (including phenoxy) is 2. The number of carbonyl (C=O) groups is 1. The van der Waals surface area contributed by atoms with Crippen LogP contribution in [0.3, 0.4) is 0 Å². The highest BCUT2D eigenvalue weighted by atomic mass is 19.1. The lowest BCUT2D eigenvalue weighted by Crippen LogP contribution is -2.07. The highest BCUT2D eigenvalue weighted by Gasteiger charge is 2.32. The van der Waals surface area contributed by atoms with Gasteiger partial charge in [0.15, 0.2) is 0 Å². The molecular formula is C32H28FNO4. The molecule has 1 aliphatic carbocycles. The first-order chi connectivity index (χ1) is 18.4. The molecule has 38 heavy (non-hydrogen) atoms. The average molecular weight is 510 g/mol. The van der Waals surface area contributed by atoms with Crippen LogP contribution in [0.25, 0.3) is 22.4 Å². The SMILES string of the molecule is Cc1cc(-c2ccccn2)cc(C)c1-c1ccc(F)c2c1CC[C@H]2Oc1ccc2c(c1)OC[C@H]2CC(=O)O. The summed E-state index contributed by atoms with van der Waals surface area (Å²) in [6.45, 7) is 4.53. The summed E-state index contributed by atoms with van der Waals surface area (Å²) in [5.41, 5.74) is 8.88. The Kier molecular flexibility index (Phi) is 6.10. The Morgan fingerprint density at radius 3 is 2.66 bits per heavy atom. The quantitative estimate of drug-likeness (QED) is 0.298. The van der Waals surface area contributed by atoms with Crippen LogP contribution >= 0.6 is 0 Å². The average Bonchev–Trinajstić information content (AvgIpc) is 3.50. The van der Waals surface area contributed by atoms with E-state index in [1.54, 1.807) is 18.3 Å². The number of fused-ring (bicyclic) bond motifs is 2. The minimum absolute atomic E-state index is 0.0267. The van der Waals surface area contributed by atoms with E-state index in [1.165, 1.54) is 0 Å². The number of aliphatic carboxylic acids is 1. The van der Waals surface area contributed by atoms with E-state index in [9.17, 15) is 4.79 Å². The van der Waals surface area contributed by atoms with Crippen LogP contribution in [0, 0.1) is 19.7 Å². The van der Waals surface area contributed by atoms with E-state index < -0.39 is 12.1 Å². The van der Waals surface area contributed by atoms with E-state index in [1.807, 2.05) is 36.4 Å². The zero-order valence-corrected chi connectivity index (χ0v) is 21.3. The van der Waals surface area contributed by atoms with Crippen LogP contribution in [-0.4, -0.2) is 22.7 Å². The van der Waals surface area contributed by atoms with Crippen LogP contribution in [0.5, 0.6) is 11.5 Å². The summed E-state index contributed by atoms with van der Waals surface area (Å²) in [6.07, 6.45) is 2.80. The van der Waals surface area contributed by atoms with Crippen molar-refractivity contribution in [2.75, 3.05) is 6.61 Å². The predicted molar refractivity (Wildman–Crippen MR) is 143 cm³/mol. The van der Waals surface area contributed by atoms with Crippen LogP contribution < -0.4 is 9.47 Å². The number of rotatable bonds is 6. The smallest absolute Gasteiger partial charge is 0.304 e. The monoisotopic (exact) mass is 509 g/mol. The molecule has 2 aliphatic rings. The maximum absolute atomic E-state index is 15.2. The molecule has 1 N–H and O–H groups in total. The zero-order chi connectivity index (χ0) is 26.4. The minimum Gasteiger partial charge on any atom is -0.492 e. The standard InChI is InChI=1S/C32H28FNO4/c1-18-13-20(27-5-3-4-12-34-27)14-19(2)31(18)24-8-10-26(33)32-25(24)9-11-28(32)38-22-6-7-23-21(15-30(35)36)17-37-29(23)16-22/h3-8,10,12-14,16,21,28H,9,11,15,17H2,1-2H3,(H,35,36)/t21-,28-/m1/s1. The molecule has 1 aliphatic heterocycles. The largest absolute Gasteiger partial charge is 0.492 e. The first-order valence-corrected chi connectivity index (χ1v) is 12.9. The summed E-state index contributed by atoms with van der Waals surface area (Å²) < 4.78 is 27.3. The van der Waals surface area contributed by atoms with Crippen molar-refractivity contribution in [3.8, 4) is 33.9 Å². The van der Waals surface area contributed by atoms with Crippen LogP contribution in [0.15, 0.2) is 66.9 Å². The van der Waals surface area contributed by atoms with Gasteiger partial charge in [-0.3, -0.25) is 9.78 Å². The lowest BCUT2D eigenvalue weighted by Gasteiger charge is -2.19. The number of aromatic nitrogens is 1. The summed E-state index contributed by atoms with van der Waals surface area (Å²) in [6, 6.07) is 19.1. The van der Waals surface area contributed by atoms with Gasteiger partial charge >= 0.3 is 5.97 Å². The van der Waals surface area contributed by atoms with Crippen LogP contribution in [0.4, 0.5) is 4.39 Å². The van der Waals surface area contributed by atoms with Gasteiger partial charge in [0.2, 0.25) is 0 Å². The summed E-state index contributed by atoms with van der Waals surface area (Å²) in [4.78, 5) is 15.6. The highest BCUT2D eigenvalue weighted by Crippen LogP contribution is 2.45. The minimum atomic E-state index is -0.850. The normalized spacial score (nSPS) is 17.6. The van der Waals surface area contributed by atoms with Gasteiger partial charge in [-0.05, 0) is 90.9 Å². The molecule has 3 aromatic carbocycles. The van der Waals surface area contributed by atoms with Crippen molar-refractivity contribution in [1.82, 2.24) is 4.98 Å². The number of hydrogen-bond donors (Lipinski definition) is 1. The number of carboxylic acids is 1. The molecule has 192 valence electrons. The number of nitrogens with zero attached hydrogens (tertiary/aromatic N) is 1. The van der Waals surface area contributed by atoms with Gasteiger partial charge < -0.3 is 14.6 Å². The van der Waals surface area contributed by atoms with Gasteiger partial charge in [0.25, 0.3) is 0 Å². The number of halogens is 1. The fraction of sp³-hybridized carbons (Fsp3) is 0.250. The third kappa shape index (κ3) is 4.30. The summed E-state index contributed by atoms with van der Waals surface area (Å²) >= 11 is 0. The van der Waals surface area contributed by atoms with Gasteiger partial charge in [0, 0.05) is 34.9 Å². The number of carboxylic acid groups (broad SMARTS) is 1. The van der Waals surface area contributed by atoms with E-state index in [4.69, 9.17) is 14.6 Å². The molecule has 0 fully saturated rings. The molecule has 0 saturated heterocycles.